The van der Waals surface area contributed by atoms with Gasteiger partial charge in [0.25, 0.3) is 0 Å². The van der Waals surface area contributed by atoms with Crippen molar-refractivity contribution in [2.24, 2.45) is 0 Å². The number of ether oxygens (including phenoxy) is 1. The van der Waals surface area contributed by atoms with E-state index in [2.05, 4.69) is 5.32 Å². The minimum atomic E-state index is -1.12. The summed E-state index contributed by atoms with van der Waals surface area (Å²) in [6.45, 7) is 7.55. The zero-order valence-electron chi connectivity index (χ0n) is 15.1. The maximum absolute atomic E-state index is 13.8. The van der Waals surface area contributed by atoms with Crippen LogP contribution >= 0.6 is 0 Å². The van der Waals surface area contributed by atoms with Crippen LogP contribution in [0.3, 0.4) is 0 Å². The zero-order chi connectivity index (χ0) is 18.8. The Bertz CT molecular complexity index is 671. The molecule has 138 valence electrons. The number of benzene rings is 1. The Kier molecular flexibility index (Phi) is 5.25. The first-order valence-corrected chi connectivity index (χ1v) is 8.46. The summed E-state index contributed by atoms with van der Waals surface area (Å²) < 4.78 is 19.5. The third-order valence-corrected chi connectivity index (χ3v) is 4.79. The van der Waals surface area contributed by atoms with E-state index in [-0.39, 0.29) is 12.4 Å². The molecule has 2 N–H and O–H groups in total. The molecule has 0 aliphatic carbocycles. The van der Waals surface area contributed by atoms with E-state index >= 15 is 0 Å². The highest BCUT2D eigenvalue weighted by atomic mass is 19.1. The molecule has 1 aliphatic heterocycles. The Morgan fingerprint density at radius 1 is 1.36 bits per heavy atom. The number of nitrogens with one attached hydrogen (secondary N) is 1. The van der Waals surface area contributed by atoms with Gasteiger partial charge < -0.3 is 15.2 Å². The number of fused-ring (bicyclic) bond motifs is 1. The normalized spacial score (nSPS) is 16.2. The number of anilines is 1. The number of carbonyl (C=O) groups excluding carboxylic acids is 1. The molecular weight excluding hydrogens is 327 g/mol. The molecule has 25 heavy (non-hydrogen) atoms. The van der Waals surface area contributed by atoms with Crippen molar-refractivity contribution in [1.82, 2.24) is 5.32 Å². The first-order valence-electron chi connectivity index (χ1n) is 8.46. The zero-order valence-corrected chi connectivity index (χ0v) is 15.1. The molecule has 0 fully saturated rings. The number of hydrogen-bond donors (Lipinski definition) is 2. The van der Waals surface area contributed by atoms with Crippen molar-refractivity contribution in [3.05, 3.63) is 29.6 Å². The summed E-state index contributed by atoms with van der Waals surface area (Å²) in [7, 11) is 0. The van der Waals surface area contributed by atoms with Gasteiger partial charge in [0.15, 0.2) is 0 Å². The van der Waals surface area contributed by atoms with Gasteiger partial charge in [-0.3, -0.25) is 4.90 Å². The standard InChI is InChI=1S/C18H25FN2O4/c1-5-18(6-2)13-11-12(19)7-8-14(13)21(16(24)25-18)10-9-17(3,4)20-15(22)23/h7-8,11,20H,5-6,9-10H2,1-4H3,(H,22,23). The number of amides is 2. The summed E-state index contributed by atoms with van der Waals surface area (Å²) in [5.74, 6) is -0.379. The topological polar surface area (TPSA) is 78.9 Å². The van der Waals surface area contributed by atoms with E-state index in [4.69, 9.17) is 9.84 Å². The molecule has 2 amide bonds. The van der Waals surface area contributed by atoms with Gasteiger partial charge in [0.05, 0.1) is 5.69 Å². The quantitative estimate of drug-likeness (QED) is 0.803. The molecule has 7 heteroatoms. The number of halogens is 1. The number of carboxylic acid groups (broad SMARTS) is 1. The van der Waals surface area contributed by atoms with Crippen LogP contribution in [0.5, 0.6) is 0 Å². The molecule has 0 radical (unpaired) electrons. The number of rotatable bonds is 6. The highest BCUT2D eigenvalue weighted by Crippen LogP contribution is 2.44. The lowest BCUT2D eigenvalue weighted by Crippen LogP contribution is -2.49. The van der Waals surface area contributed by atoms with Gasteiger partial charge in [-0.25, -0.2) is 14.0 Å². The van der Waals surface area contributed by atoms with Crippen molar-refractivity contribution in [3.8, 4) is 0 Å². The number of nitrogens with zero attached hydrogens (tertiary/aromatic N) is 1. The summed E-state index contributed by atoms with van der Waals surface area (Å²) in [6.07, 6.45) is -0.133. The van der Waals surface area contributed by atoms with Crippen molar-refractivity contribution >= 4 is 17.9 Å². The summed E-state index contributed by atoms with van der Waals surface area (Å²) in [6, 6.07) is 4.33. The summed E-state index contributed by atoms with van der Waals surface area (Å²) >= 11 is 0. The lowest BCUT2D eigenvalue weighted by molar-refractivity contribution is -0.00154. The first-order chi connectivity index (χ1) is 11.6. The predicted molar refractivity (Wildman–Crippen MR) is 92.3 cm³/mol. The minimum absolute atomic E-state index is 0.258. The van der Waals surface area contributed by atoms with Crippen molar-refractivity contribution in [3.63, 3.8) is 0 Å². The maximum Gasteiger partial charge on any atom is 0.415 e. The van der Waals surface area contributed by atoms with Gasteiger partial charge in [-0.15, -0.1) is 0 Å². The average molecular weight is 352 g/mol. The molecule has 1 heterocycles. The monoisotopic (exact) mass is 352 g/mol. The highest BCUT2D eigenvalue weighted by molar-refractivity contribution is 5.91. The van der Waals surface area contributed by atoms with E-state index in [0.29, 0.717) is 30.5 Å². The predicted octanol–water partition coefficient (Wildman–Crippen LogP) is 4.23. The van der Waals surface area contributed by atoms with Crippen LogP contribution in [-0.2, 0) is 10.3 Å². The van der Waals surface area contributed by atoms with E-state index in [0.717, 1.165) is 0 Å². The van der Waals surface area contributed by atoms with E-state index in [1.165, 1.54) is 17.0 Å². The van der Waals surface area contributed by atoms with Crippen LogP contribution in [0.4, 0.5) is 19.7 Å². The SMILES string of the molecule is CCC1(CC)OC(=O)N(CCC(C)(C)NC(=O)O)c2ccc(F)cc21. The molecule has 1 aromatic carbocycles. The number of cyclic esters (lactones) is 1. The van der Waals surface area contributed by atoms with E-state index in [1.54, 1.807) is 19.9 Å². The van der Waals surface area contributed by atoms with Gasteiger partial charge in [0, 0.05) is 17.6 Å². The molecule has 0 saturated heterocycles. The molecule has 0 spiro atoms. The van der Waals surface area contributed by atoms with Crippen LogP contribution in [0.15, 0.2) is 18.2 Å². The molecule has 0 saturated carbocycles. The summed E-state index contributed by atoms with van der Waals surface area (Å²) in [5, 5.41) is 11.3. The molecule has 6 nitrogen and oxygen atoms in total. The van der Waals surface area contributed by atoms with E-state index in [1.807, 2.05) is 13.8 Å². The Balaban J connectivity index is 2.34. The number of carbonyl (C=O) groups is 2. The molecule has 0 aromatic heterocycles. The highest BCUT2D eigenvalue weighted by Gasteiger charge is 2.43. The molecular formula is C18H25FN2O4. The van der Waals surface area contributed by atoms with Crippen LogP contribution < -0.4 is 10.2 Å². The van der Waals surface area contributed by atoms with Gasteiger partial charge in [0.1, 0.15) is 11.4 Å². The van der Waals surface area contributed by atoms with Gasteiger partial charge in [0.2, 0.25) is 0 Å². The summed E-state index contributed by atoms with van der Waals surface area (Å²) in [5.41, 5.74) is -0.274. The average Bonchev–Trinajstić information content (AvgIpc) is 2.52. The smallest absolute Gasteiger partial charge is 0.415 e. The second kappa shape index (κ2) is 6.90. The van der Waals surface area contributed by atoms with Crippen LogP contribution in [-0.4, -0.2) is 29.4 Å². The number of hydrogen-bond acceptors (Lipinski definition) is 3. The fourth-order valence-corrected chi connectivity index (χ4v) is 3.21. The Morgan fingerprint density at radius 3 is 2.56 bits per heavy atom. The molecule has 0 unspecified atom stereocenters. The lowest BCUT2D eigenvalue weighted by Gasteiger charge is -2.42. The Hall–Kier alpha value is -2.31. The van der Waals surface area contributed by atoms with Crippen molar-refractivity contribution in [1.29, 1.82) is 0 Å². The fourth-order valence-electron chi connectivity index (χ4n) is 3.21. The third kappa shape index (κ3) is 3.86. The molecule has 1 aromatic rings. The Labute approximate surface area is 147 Å². The van der Waals surface area contributed by atoms with Crippen LogP contribution in [0.2, 0.25) is 0 Å². The van der Waals surface area contributed by atoms with Gasteiger partial charge in [-0.2, -0.15) is 0 Å². The molecule has 0 bridgehead atoms. The van der Waals surface area contributed by atoms with Crippen molar-refractivity contribution in [2.45, 2.75) is 58.1 Å². The Morgan fingerprint density at radius 2 is 2.00 bits per heavy atom. The maximum atomic E-state index is 13.8. The molecule has 0 atom stereocenters. The molecule has 2 rings (SSSR count). The van der Waals surface area contributed by atoms with E-state index < -0.39 is 23.3 Å². The second-order valence-electron chi connectivity index (χ2n) is 6.95. The van der Waals surface area contributed by atoms with Crippen LogP contribution in [0, 0.1) is 5.82 Å². The lowest BCUT2D eigenvalue weighted by atomic mass is 9.85. The largest absolute Gasteiger partial charge is 0.465 e. The van der Waals surface area contributed by atoms with E-state index in [9.17, 15) is 14.0 Å². The third-order valence-electron chi connectivity index (χ3n) is 4.79. The van der Waals surface area contributed by atoms with Crippen molar-refractivity contribution < 1.29 is 23.8 Å². The second-order valence-corrected chi connectivity index (χ2v) is 6.95. The van der Waals surface area contributed by atoms with Gasteiger partial charge >= 0.3 is 12.2 Å². The van der Waals surface area contributed by atoms with Crippen LogP contribution in [0.25, 0.3) is 0 Å². The van der Waals surface area contributed by atoms with Crippen molar-refractivity contribution in [2.75, 3.05) is 11.4 Å². The van der Waals surface area contributed by atoms with Gasteiger partial charge in [-0.1, -0.05) is 13.8 Å². The summed E-state index contributed by atoms with van der Waals surface area (Å²) in [4.78, 5) is 24.9. The van der Waals surface area contributed by atoms with Crippen LogP contribution in [0.1, 0.15) is 52.5 Å². The van der Waals surface area contributed by atoms with Gasteiger partial charge in [-0.05, 0) is 51.3 Å². The minimum Gasteiger partial charge on any atom is -0.465 e. The fraction of sp³-hybridized carbons (Fsp3) is 0.556. The first kappa shape index (κ1) is 19.0. The molecule has 1 aliphatic rings.